The minimum atomic E-state index is -1.03. The molecule has 5 heteroatoms. The summed E-state index contributed by atoms with van der Waals surface area (Å²) in [6.07, 6.45) is 0.222. The van der Waals surface area contributed by atoms with Crippen LogP contribution in [-0.4, -0.2) is 28.1 Å². The van der Waals surface area contributed by atoms with E-state index in [0.29, 0.717) is 6.04 Å². The smallest absolute Gasteiger partial charge is 0.322 e. The van der Waals surface area contributed by atoms with Crippen LogP contribution in [0, 0.1) is 13.8 Å². The highest BCUT2D eigenvalue weighted by atomic mass is 16.4. The van der Waals surface area contributed by atoms with E-state index < -0.39 is 5.97 Å². The number of aryl methyl sites for hydroxylation is 1. The maximum Gasteiger partial charge on any atom is 0.322 e. The van der Waals surface area contributed by atoms with Crippen LogP contribution in [0.2, 0.25) is 0 Å². The molecule has 0 unspecified atom stereocenters. The number of carbonyl (C=O) groups is 2. The van der Waals surface area contributed by atoms with Gasteiger partial charge < -0.3 is 15.0 Å². The minimum Gasteiger partial charge on any atom is -0.480 e. The summed E-state index contributed by atoms with van der Waals surface area (Å²) in [7, 11) is 0. The molecule has 0 aromatic carbocycles. The molecule has 1 heterocycles. The van der Waals surface area contributed by atoms with Gasteiger partial charge >= 0.3 is 5.97 Å². The van der Waals surface area contributed by atoms with Crippen molar-refractivity contribution < 1.29 is 14.7 Å². The van der Waals surface area contributed by atoms with Crippen molar-refractivity contribution in [3.63, 3.8) is 0 Å². The predicted molar refractivity (Wildman–Crippen MR) is 68.6 cm³/mol. The molecule has 0 saturated heterocycles. The number of carboxylic acids is 1. The lowest BCUT2D eigenvalue weighted by Crippen LogP contribution is -2.30. The molecule has 1 aromatic heterocycles. The maximum absolute atomic E-state index is 11.6. The Morgan fingerprint density at radius 3 is 2.44 bits per heavy atom. The van der Waals surface area contributed by atoms with Crippen molar-refractivity contribution in [2.24, 2.45) is 0 Å². The topological polar surface area (TPSA) is 71.3 Å². The Morgan fingerprint density at radius 1 is 1.39 bits per heavy atom. The molecule has 0 bridgehead atoms. The SMILES string of the molecule is Cc1cc(CC(=O)NCC(=O)O)c(C)n1C(C)C. The first kappa shape index (κ1) is 14.3. The van der Waals surface area contributed by atoms with Crippen LogP contribution in [0.3, 0.4) is 0 Å². The summed E-state index contributed by atoms with van der Waals surface area (Å²) in [5, 5.41) is 10.9. The number of amides is 1. The number of nitrogens with zero attached hydrogens (tertiary/aromatic N) is 1. The zero-order chi connectivity index (χ0) is 13.9. The average Bonchev–Trinajstić information content (AvgIpc) is 2.51. The van der Waals surface area contributed by atoms with E-state index in [0.717, 1.165) is 17.0 Å². The molecule has 100 valence electrons. The third kappa shape index (κ3) is 3.35. The standard InChI is InChI=1S/C13H20N2O3/c1-8(2)15-9(3)5-11(10(15)4)6-12(16)14-7-13(17)18/h5,8H,6-7H2,1-4H3,(H,14,16)(H,17,18). The van der Waals surface area contributed by atoms with Crippen LogP contribution < -0.4 is 5.32 Å². The van der Waals surface area contributed by atoms with Gasteiger partial charge in [-0.2, -0.15) is 0 Å². The van der Waals surface area contributed by atoms with Crippen LogP contribution in [-0.2, 0) is 16.0 Å². The lowest BCUT2D eigenvalue weighted by molar-refractivity contribution is -0.137. The molecule has 0 saturated carbocycles. The van der Waals surface area contributed by atoms with E-state index in [4.69, 9.17) is 5.11 Å². The molecule has 0 spiro atoms. The van der Waals surface area contributed by atoms with Crippen molar-refractivity contribution in [1.29, 1.82) is 0 Å². The highest BCUT2D eigenvalue weighted by molar-refractivity contribution is 5.83. The minimum absolute atomic E-state index is 0.222. The van der Waals surface area contributed by atoms with Crippen LogP contribution in [0.1, 0.15) is 36.8 Å². The summed E-state index contributed by atoms with van der Waals surface area (Å²) >= 11 is 0. The molecule has 5 nitrogen and oxygen atoms in total. The molecule has 0 aliphatic carbocycles. The Kier molecular flexibility index (Phi) is 4.53. The Morgan fingerprint density at radius 2 is 2.00 bits per heavy atom. The van der Waals surface area contributed by atoms with Gasteiger partial charge in [0.25, 0.3) is 0 Å². The molecular weight excluding hydrogens is 232 g/mol. The van der Waals surface area contributed by atoms with E-state index in [1.54, 1.807) is 0 Å². The third-order valence-electron chi connectivity index (χ3n) is 2.89. The van der Waals surface area contributed by atoms with Gasteiger partial charge in [0.15, 0.2) is 0 Å². The van der Waals surface area contributed by atoms with Crippen molar-refractivity contribution in [2.75, 3.05) is 6.54 Å². The lowest BCUT2D eigenvalue weighted by atomic mass is 10.1. The molecule has 1 amide bonds. The van der Waals surface area contributed by atoms with E-state index in [1.807, 2.05) is 19.9 Å². The Balaban J connectivity index is 2.77. The van der Waals surface area contributed by atoms with Crippen molar-refractivity contribution >= 4 is 11.9 Å². The number of hydrogen-bond donors (Lipinski definition) is 2. The van der Waals surface area contributed by atoms with Gasteiger partial charge in [0.1, 0.15) is 6.54 Å². The summed E-state index contributed by atoms with van der Waals surface area (Å²) in [6, 6.07) is 2.33. The molecule has 0 radical (unpaired) electrons. The number of aliphatic carboxylic acids is 1. The maximum atomic E-state index is 11.6. The van der Waals surface area contributed by atoms with Gasteiger partial charge in [-0.3, -0.25) is 9.59 Å². The van der Waals surface area contributed by atoms with Crippen molar-refractivity contribution in [1.82, 2.24) is 9.88 Å². The monoisotopic (exact) mass is 252 g/mol. The quantitative estimate of drug-likeness (QED) is 0.832. The predicted octanol–water partition coefficient (Wildman–Crippen LogP) is 1.43. The van der Waals surface area contributed by atoms with E-state index in [2.05, 4.69) is 23.7 Å². The molecule has 18 heavy (non-hydrogen) atoms. The molecule has 0 fully saturated rings. The third-order valence-corrected chi connectivity index (χ3v) is 2.89. The number of aromatic nitrogens is 1. The fourth-order valence-electron chi connectivity index (χ4n) is 2.23. The number of nitrogens with one attached hydrogen (secondary N) is 1. The molecule has 0 aliphatic heterocycles. The first-order chi connectivity index (χ1) is 8.32. The normalized spacial score (nSPS) is 10.7. The average molecular weight is 252 g/mol. The second-order valence-electron chi connectivity index (χ2n) is 4.71. The number of carbonyl (C=O) groups excluding carboxylic acids is 1. The van der Waals surface area contributed by atoms with Gasteiger partial charge in [0.2, 0.25) is 5.91 Å². The number of hydrogen-bond acceptors (Lipinski definition) is 2. The summed E-state index contributed by atoms with van der Waals surface area (Å²) in [5.74, 6) is -1.29. The van der Waals surface area contributed by atoms with Crippen LogP contribution in [0.25, 0.3) is 0 Å². The lowest BCUT2D eigenvalue weighted by Gasteiger charge is -2.13. The van der Waals surface area contributed by atoms with Gasteiger partial charge in [-0.05, 0) is 39.3 Å². The van der Waals surface area contributed by atoms with Gasteiger partial charge in [-0.1, -0.05) is 0 Å². The molecule has 0 aliphatic rings. The highest BCUT2D eigenvalue weighted by Crippen LogP contribution is 2.20. The first-order valence-corrected chi connectivity index (χ1v) is 5.98. The van der Waals surface area contributed by atoms with Gasteiger partial charge in [0.05, 0.1) is 6.42 Å². The van der Waals surface area contributed by atoms with Crippen LogP contribution in [0.4, 0.5) is 0 Å². The zero-order valence-electron chi connectivity index (χ0n) is 11.3. The molecule has 1 rings (SSSR count). The van der Waals surface area contributed by atoms with Crippen LogP contribution >= 0.6 is 0 Å². The highest BCUT2D eigenvalue weighted by Gasteiger charge is 2.14. The van der Waals surface area contributed by atoms with Crippen molar-refractivity contribution in [3.05, 3.63) is 23.0 Å². The fourth-order valence-corrected chi connectivity index (χ4v) is 2.23. The fraction of sp³-hybridized carbons (Fsp3) is 0.538. The summed E-state index contributed by atoms with van der Waals surface area (Å²) in [6.45, 7) is 7.84. The first-order valence-electron chi connectivity index (χ1n) is 5.98. The van der Waals surface area contributed by atoms with Crippen LogP contribution in [0.5, 0.6) is 0 Å². The second-order valence-corrected chi connectivity index (χ2v) is 4.71. The van der Waals surface area contributed by atoms with Crippen LogP contribution in [0.15, 0.2) is 6.07 Å². The van der Waals surface area contributed by atoms with Gasteiger partial charge in [-0.15, -0.1) is 0 Å². The Hall–Kier alpha value is -1.78. The molecular formula is C13H20N2O3. The Labute approximate surface area is 107 Å². The van der Waals surface area contributed by atoms with Crippen molar-refractivity contribution in [2.45, 2.75) is 40.2 Å². The number of rotatable bonds is 5. The summed E-state index contributed by atoms with van der Waals surface area (Å²) in [5.41, 5.74) is 3.13. The van der Waals surface area contributed by atoms with E-state index in [-0.39, 0.29) is 18.9 Å². The van der Waals surface area contributed by atoms with Gasteiger partial charge in [0, 0.05) is 17.4 Å². The number of carboxylic acid groups (broad SMARTS) is 1. The second kappa shape index (κ2) is 5.71. The largest absolute Gasteiger partial charge is 0.480 e. The van der Waals surface area contributed by atoms with Gasteiger partial charge in [-0.25, -0.2) is 0 Å². The van der Waals surface area contributed by atoms with E-state index in [1.165, 1.54) is 0 Å². The van der Waals surface area contributed by atoms with E-state index in [9.17, 15) is 9.59 Å². The van der Waals surface area contributed by atoms with E-state index >= 15 is 0 Å². The zero-order valence-corrected chi connectivity index (χ0v) is 11.3. The molecule has 0 atom stereocenters. The summed E-state index contributed by atoms with van der Waals surface area (Å²) in [4.78, 5) is 21.9. The van der Waals surface area contributed by atoms with Crippen molar-refractivity contribution in [3.8, 4) is 0 Å². The molecule has 2 N–H and O–H groups in total. The summed E-state index contributed by atoms with van der Waals surface area (Å²) < 4.78 is 2.17. The Bertz CT molecular complexity index is 461. The molecule has 1 aromatic rings.